The SMILES string of the molecule is C=C[C@@]1(C)CC(O)[C@@H](C(C)C(=O)CC=C(C)C)O1. The predicted octanol–water partition coefficient (Wildman–Crippen LogP) is 2.64. The van der Waals surface area contributed by atoms with E-state index in [-0.39, 0.29) is 11.7 Å². The highest BCUT2D eigenvalue weighted by Gasteiger charge is 2.44. The lowest BCUT2D eigenvalue weighted by Crippen LogP contribution is -2.34. The molecule has 0 amide bonds. The van der Waals surface area contributed by atoms with E-state index in [0.717, 1.165) is 5.57 Å². The van der Waals surface area contributed by atoms with Gasteiger partial charge >= 0.3 is 0 Å². The Morgan fingerprint density at radius 3 is 2.67 bits per heavy atom. The summed E-state index contributed by atoms with van der Waals surface area (Å²) in [5.41, 5.74) is 0.606. The Balaban J connectivity index is 2.67. The van der Waals surface area contributed by atoms with Crippen molar-refractivity contribution in [2.24, 2.45) is 5.92 Å². The summed E-state index contributed by atoms with van der Waals surface area (Å²) in [6.07, 6.45) is 3.49. The lowest BCUT2D eigenvalue weighted by Gasteiger charge is -2.23. The molecule has 0 aromatic rings. The second-order valence-electron chi connectivity index (χ2n) is 5.61. The number of carbonyl (C=O) groups is 1. The molecule has 0 bridgehead atoms. The maximum Gasteiger partial charge on any atom is 0.142 e. The van der Waals surface area contributed by atoms with E-state index in [1.807, 2.05) is 33.8 Å². The molecule has 18 heavy (non-hydrogen) atoms. The van der Waals surface area contributed by atoms with Gasteiger partial charge in [0.2, 0.25) is 0 Å². The van der Waals surface area contributed by atoms with Gasteiger partial charge < -0.3 is 9.84 Å². The quantitative estimate of drug-likeness (QED) is 0.765. The molecule has 4 atom stereocenters. The van der Waals surface area contributed by atoms with Crippen molar-refractivity contribution in [3.05, 3.63) is 24.3 Å². The van der Waals surface area contributed by atoms with Gasteiger partial charge in [-0.3, -0.25) is 4.79 Å². The van der Waals surface area contributed by atoms with E-state index in [4.69, 9.17) is 4.74 Å². The molecule has 0 saturated carbocycles. The Bertz CT molecular complexity index is 355. The summed E-state index contributed by atoms with van der Waals surface area (Å²) in [4.78, 5) is 12.0. The highest BCUT2D eigenvalue weighted by atomic mass is 16.5. The minimum Gasteiger partial charge on any atom is -0.390 e. The maximum atomic E-state index is 12.0. The molecule has 0 spiro atoms. The van der Waals surface area contributed by atoms with E-state index in [9.17, 15) is 9.90 Å². The normalized spacial score (nSPS) is 32.9. The van der Waals surface area contributed by atoms with Crippen LogP contribution in [-0.2, 0) is 9.53 Å². The van der Waals surface area contributed by atoms with Crippen molar-refractivity contribution in [2.45, 2.75) is 58.3 Å². The van der Waals surface area contributed by atoms with E-state index < -0.39 is 17.8 Å². The monoisotopic (exact) mass is 252 g/mol. The topological polar surface area (TPSA) is 46.5 Å². The molecule has 3 heteroatoms. The zero-order valence-electron chi connectivity index (χ0n) is 11.8. The van der Waals surface area contributed by atoms with Crippen LogP contribution in [0.3, 0.4) is 0 Å². The number of aliphatic hydroxyl groups excluding tert-OH is 1. The third kappa shape index (κ3) is 3.53. The minimum absolute atomic E-state index is 0.105. The first-order valence-electron chi connectivity index (χ1n) is 6.44. The highest BCUT2D eigenvalue weighted by Crippen LogP contribution is 2.35. The third-order valence-electron chi connectivity index (χ3n) is 3.54. The summed E-state index contributed by atoms with van der Waals surface area (Å²) in [5.74, 6) is -0.189. The van der Waals surface area contributed by atoms with Crippen LogP contribution < -0.4 is 0 Å². The van der Waals surface area contributed by atoms with Crippen LogP contribution in [0.2, 0.25) is 0 Å². The van der Waals surface area contributed by atoms with Gasteiger partial charge in [-0.25, -0.2) is 0 Å². The number of hydrogen-bond donors (Lipinski definition) is 1. The van der Waals surface area contributed by atoms with Crippen molar-refractivity contribution in [3.8, 4) is 0 Å². The number of carbonyl (C=O) groups excluding carboxylic acids is 1. The fourth-order valence-electron chi connectivity index (χ4n) is 2.21. The highest BCUT2D eigenvalue weighted by molar-refractivity contribution is 5.82. The van der Waals surface area contributed by atoms with Crippen LogP contribution in [0.5, 0.6) is 0 Å². The molecular weight excluding hydrogens is 228 g/mol. The molecule has 1 saturated heterocycles. The molecule has 1 aliphatic rings. The molecule has 0 radical (unpaired) electrons. The fraction of sp³-hybridized carbons (Fsp3) is 0.667. The van der Waals surface area contributed by atoms with Crippen LogP contribution in [-0.4, -0.2) is 28.7 Å². The van der Waals surface area contributed by atoms with Crippen LogP contribution >= 0.6 is 0 Å². The van der Waals surface area contributed by atoms with Gasteiger partial charge in [-0.2, -0.15) is 0 Å². The molecule has 0 aromatic heterocycles. The van der Waals surface area contributed by atoms with Gasteiger partial charge in [0.1, 0.15) is 5.78 Å². The number of aliphatic hydroxyl groups is 1. The van der Waals surface area contributed by atoms with Crippen molar-refractivity contribution in [1.82, 2.24) is 0 Å². The average molecular weight is 252 g/mol. The van der Waals surface area contributed by atoms with Gasteiger partial charge in [0.15, 0.2) is 0 Å². The van der Waals surface area contributed by atoms with Crippen LogP contribution in [0.1, 0.15) is 40.5 Å². The Kier molecular flexibility index (Phi) is 4.88. The first-order valence-corrected chi connectivity index (χ1v) is 6.44. The van der Waals surface area contributed by atoms with Crippen molar-refractivity contribution in [2.75, 3.05) is 0 Å². The van der Waals surface area contributed by atoms with Crippen LogP contribution in [0.25, 0.3) is 0 Å². The Morgan fingerprint density at radius 1 is 1.61 bits per heavy atom. The molecule has 2 unspecified atom stereocenters. The molecule has 0 aliphatic carbocycles. The lowest BCUT2D eigenvalue weighted by atomic mass is 9.92. The molecular formula is C15H24O3. The van der Waals surface area contributed by atoms with E-state index in [2.05, 4.69) is 6.58 Å². The van der Waals surface area contributed by atoms with Gasteiger partial charge in [-0.15, -0.1) is 6.58 Å². The Hall–Kier alpha value is -0.930. The number of allylic oxidation sites excluding steroid dienone is 2. The second-order valence-corrected chi connectivity index (χ2v) is 5.61. The first kappa shape index (κ1) is 15.1. The summed E-state index contributed by atoms with van der Waals surface area (Å²) < 4.78 is 5.79. The summed E-state index contributed by atoms with van der Waals surface area (Å²) in [6.45, 7) is 11.4. The summed E-state index contributed by atoms with van der Waals surface area (Å²) in [5, 5.41) is 10.0. The summed E-state index contributed by atoms with van der Waals surface area (Å²) in [6, 6.07) is 0. The zero-order chi connectivity index (χ0) is 13.9. The van der Waals surface area contributed by atoms with Crippen LogP contribution in [0.4, 0.5) is 0 Å². The minimum atomic E-state index is -0.598. The Labute approximate surface area is 110 Å². The molecule has 1 fully saturated rings. The van der Waals surface area contributed by atoms with Crippen molar-refractivity contribution >= 4 is 5.78 Å². The average Bonchev–Trinajstić information content (AvgIpc) is 2.61. The molecule has 1 aliphatic heterocycles. The van der Waals surface area contributed by atoms with E-state index in [1.165, 1.54) is 0 Å². The van der Waals surface area contributed by atoms with E-state index in [1.54, 1.807) is 6.08 Å². The van der Waals surface area contributed by atoms with Gasteiger partial charge in [0.25, 0.3) is 0 Å². The van der Waals surface area contributed by atoms with Crippen molar-refractivity contribution in [1.29, 1.82) is 0 Å². The van der Waals surface area contributed by atoms with Gasteiger partial charge in [-0.1, -0.05) is 24.6 Å². The molecule has 1 rings (SSSR count). The molecule has 102 valence electrons. The van der Waals surface area contributed by atoms with E-state index in [0.29, 0.717) is 12.8 Å². The van der Waals surface area contributed by atoms with E-state index >= 15 is 0 Å². The number of ketones is 1. The predicted molar refractivity (Wildman–Crippen MR) is 72.3 cm³/mol. The van der Waals surface area contributed by atoms with Crippen LogP contribution in [0, 0.1) is 5.92 Å². The smallest absolute Gasteiger partial charge is 0.142 e. The number of ether oxygens (including phenoxy) is 1. The number of Topliss-reactive ketones (excluding diaryl/α,β-unsaturated/α-hetero) is 1. The number of rotatable bonds is 5. The fourth-order valence-corrected chi connectivity index (χ4v) is 2.21. The molecule has 1 N–H and O–H groups in total. The molecule has 0 aromatic carbocycles. The standard InChI is InChI=1S/C15H24O3/c1-6-15(5)9-13(17)14(18-15)11(4)12(16)8-7-10(2)3/h6-7,11,13-14,17H,1,8-9H2,2-5H3/t11?,13?,14-,15+/m1/s1. The number of hydrogen-bond acceptors (Lipinski definition) is 3. The maximum absolute atomic E-state index is 12.0. The van der Waals surface area contributed by atoms with Gasteiger partial charge in [-0.05, 0) is 20.8 Å². The Morgan fingerprint density at radius 2 is 2.22 bits per heavy atom. The zero-order valence-corrected chi connectivity index (χ0v) is 11.8. The van der Waals surface area contributed by atoms with Crippen LogP contribution in [0.15, 0.2) is 24.3 Å². The van der Waals surface area contributed by atoms with Gasteiger partial charge in [0, 0.05) is 18.8 Å². The second kappa shape index (κ2) is 5.81. The van der Waals surface area contributed by atoms with Gasteiger partial charge in [0.05, 0.1) is 17.8 Å². The summed E-state index contributed by atoms with van der Waals surface area (Å²) >= 11 is 0. The van der Waals surface area contributed by atoms with Crippen molar-refractivity contribution in [3.63, 3.8) is 0 Å². The third-order valence-corrected chi connectivity index (χ3v) is 3.54. The largest absolute Gasteiger partial charge is 0.390 e. The van der Waals surface area contributed by atoms with Crippen molar-refractivity contribution < 1.29 is 14.6 Å². The molecule has 1 heterocycles. The lowest BCUT2D eigenvalue weighted by molar-refractivity contribution is -0.129. The molecule has 3 nitrogen and oxygen atoms in total. The first-order chi connectivity index (χ1) is 8.29. The summed E-state index contributed by atoms with van der Waals surface area (Å²) in [7, 11) is 0.